The number of fused-ring (bicyclic) bond motifs is 1. The Kier molecular flexibility index (Phi) is 5.31. The Labute approximate surface area is 136 Å². The zero-order valence-electron chi connectivity index (χ0n) is 13.8. The van der Waals surface area contributed by atoms with Crippen LogP contribution in [0.2, 0.25) is 0 Å². The third-order valence-corrected chi connectivity index (χ3v) is 3.57. The molecule has 1 aliphatic rings. The number of aliphatic imine (C=N–C) groups is 1. The molecule has 1 heterocycles. The molecule has 1 aromatic rings. The summed E-state index contributed by atoms with van der Waals surface area (Å²) in [6, 6.07) is 5.75. The number of hydrogen-bond donors (Lipinski definition) is 3. The van der Waals surface area contributed by atoms with Crippen LogP contribution >= 0.6 is 0 Å². The minimum Gasteiger partial charge on any atom is -0.454 e. The Balaban J connectivity index is 1.99. The zero-order valence-corrected chi connectivity index (χ0v) is 13.8. The van der Waals surface area contributed by atoms with Crippen molar-refractivity contribution in [3.8, 4) is 11.5 Å². The molecule has 1 aromatic carbocycles. The number of benzene rings is 1. The van der Waals surface area contributed by atoms with Gasteiger partial charge >= 0.3 is 0 Å². The topological polar surface area (TPSA) is 98.0 Å². The molecular formula is C16H24N4O3. The van der Waals surface area contributed by atoms with Crippen molar-refractivity contribution in [3.63, 3.8) is 0 Å². The Hall–Kier alpha value is -2.44. The number of hydrogen-bond acceptors (Lipinski definition) is 4. The number of carbonyl (C=O) groups excluding carboxylic acids is 1. The van der Waals surface area contributed by atoms with Crippen molar-refractivity contribution in [2.45, 2.75) is 27.3 Å². The van der Waals surface area contributed by atoms with E-state index in [9.17, 15) is 4.79 Å². The first-order valence-corrected chi connectivity index (χ1v) is 7.63. The first kappa shape index (κ1) is 16.9. The maximum Gasteiger partial charge on any atom is 0.231 e. The number of nitrogens with zero attached hydrogens (tertiary/aromatic N) is 1. The van der Waals surface area contributed by atoms with Gasteiger partial charge in [-0.15, -0.1) is 0 Å². The molecule has 4 N–H and O–H groups in total. The normalized spacial score (nSPS) is 13.8. The Morgan fingerprint density at radius 2 is 2.04 bits per heavy atom. The lowest BCUT2D eigenvalue weighted by Crippen LogP contribution is -2.46. The van der Waals surface area contributed by atoms with Crippen LogP contribution in [0.4, 0.5) is 0 Å². The highest BCUT2D eigenvalue weighted by atomic mass is 16.7. The lowest BCUT2D eigenvalue weighted by atomic mass is 9.93. The first-order chi connectivity index (χ1) is 10.9. The van der Waals surface area contributed by atoms with E-state index in [0.29, 0.717) is 19.0 Å². The molecule has 0 fully saturated rings. The van der Waals surface area contributed by atoms with Crippen LogP contribution in [0.1, 0.15) is 26.3 Å². The van der Waals surface area contributed by atoms with Gasteiger partial charge in [0.05, 0.1) is 12.0 Å². The van der Waals surface area contributed by atoms with E-state index in [-0.39, 0.29) is 12.7 Å². The molecule has 7 nitrogen and oxygen atoms in total. The summed E-state index contributed by atoms with van der Waals surface area (Å²) in [6.07, 6.45) is 0. The molecule has 0 radical (unpaired) electrons. The summed E-state index contributed by atoms with van der Waals surface area (Å²) in [6.45, 7) is 7.46. The maximum absolute atomic E-state index is 11.4. The predicted octanol–water partition coefficient (Wildman–Crippen LogP) is 0.982. The number of rotatable bonds is 6. The van der Waals surface area contributed by atoms with Crippen molar-refractivity contribution < 1.29 is 14.3 Å². The molecule has 0 unspecified atom stereocenters. The van der Waals surface area contributed by atoms with Gasteiger partial charge in [0.15, 0.2) is 17.5 Å². The van der Waals surface area contributed by atoms with Gasteiger partial charge in [-0.3, -0.25) is 4.79 Å². The molecule has 1 aliphatic heterocycles. The van der Waals surface area contributed by atoms with Gasteiger partial charge in [-0.1, -0.05) is 6.07 Å². The third kappa shape index (κ3) is 4.51. The molecule has 0 aliphatic carbocycles. The number of primary amides is 1. The van der Waals surface area contributed by atoms with Crippen LogP contribution in [-0.2, 0) is 11.3 Å². The van der Waals surface area contributed by atoms with Crippen LogP contribution in [0.3, 0.4) is 0 Å². The van der Waals surface area contributed by atoms with Crippen LogP contribution < -0.4 is 25.8 Å². The summed E-state index contributed by atoms with van der Waals surface area (Å²) in [5.41, 5.74) is 5.75. The van der Waals surface area contributed by atoms with Crippen LogP contribution in [0.15, 0.2) is 23.2 Å². The van der Waals surface area contributed by atoms with E-state index in [4.69, 9.17) is 15.2 Å². The van der Waals surface area contributed by atoms with Gasteiger partial charge in [-0.25, -0.2) is 4.99 Å². The molecule has 0 saturated heterocycles. The highest BCUT2D eigenvalue weighted by Gasteiger charge is 2.24. The second-order valence-corrected chi connectivity index (χ2v) is 5.98. The van der Waals surface area contributed by atoms with E-state index in [0.717, 1.165) is 23.6 Å². The van der Waals surface area contributed by atoms with Crippen molar-refractivity contribution >= 4 is 11.9 Å². The lowest BCUT2D eigenvalue weighted by molar-refractivity contribution is -0.125. The Morgan fingerprint density at radius 1 is 1.30 bits per heavy atom. The molecule has 7 heteroatoms. The van der Waals surface area contributed by atoms with Gasteiger partial charge in [0.1, 0.15) is 0 Å². The molecule has 0 atom stereocenters. The summed E-state index contributed by atoms with van der Waals surface area (Å²) < 4.78 is 10.6. The Morgan fingerprint density at radius 3 is 2.74 bits per heavy atom. The predicted molar refractivity (Wildman–Crippen MR) is 88.4 cm³/mol. The number of guanidine groups is 1. The monoisotopic (exact) mass is 320 g/mol. The third-order valence-electron chi connectivity index (χ3n) is 3.57. The summed E-state index contributed by atoms with van der Waals surface area (Å²) in [5, 5.41) is 6.29. The number of nitrogens with one attached hydrogen (secondary N) is 2. The van der Waals surface area contributed by atoms with E-state index in [2.05, 4.69) is 15.6 Å². The summed E-state index contributed by atoms with van der Waals surface area (Å²) in [5.74, 6) is 1.78. The van der Waals surface area contributed by atoms with E-state index in [1.54, 1.807) is 13.8 Å². The molecule has 0 spiro atoms. The summed E-state index contributed by atoms with van der Waals surface area (Å²) in [7, 11) is 0. The smallest absolute Gasteiger partial charge is 0.231 e. The second-order valence-electron chi connectivity index (χ2n) is 5.98. The van der Waals surface area contributed by atoms with Crippen molar-refractivity contribution in [2.75, 3.05) is 19.9 Å². The fourth-order valence-electron chi connectivity index (χ4n) is 1.94. The quantitative estimate of drug-likeness (QED) is 0.536. The summed E-state index contributed by atoms with van der Waals surface area (Å²) >= 11 is 0. The van der Waals surface area contributed by atoms with Crippen molar-refractivity contribution in [3.05, 3.63) is 23.8 Å². The fourth-order valence-corrected chi connectivity index (χ4v) is 1.94. The minimum atomic E-state index is -0.644. The SMILES string of the molecule is CCNC(=NCc1ccc2c(c1)OCO2)NCC(C)(C)C(N)=O. The number of carbonyl (C=O) groups is 1. The van der Waals surface area contributed by atoms with E-state index < -0.39 is 5.41 Å². The van der Waals surface area contributed by atoms with Crippen LogP contribution in [0, 0.1) is 5.41 Å². The molecule has 0 bridgehead atoms. The zero-order chi connectivity index (χ0) is 16.9. The van der Waals surface area contributed by atoms with E-state index in [1.807, 2.05) is 25.1 Å². The lowest BCUT2D eigenvalue weighted by Gasteiger charge is -2.22. The van der Waals surface area contributed by atoms with E-state index >= 15 is 0 Å². The van der Waals surface area contributed by atoms with Gasteiger partial charge < -0.3 is 25.8 Å². The number of ether oxygens (including phenoxy) is 2. The molecule has 126 valence electrons. The molecule has 1 amide bonds. The van der Waals surface area contributed by atoms with Crippen molar-refractivity contribution in [1.29, 1.82) is 0 Å². The average molecular weight is 320 g/mol. The van der Waals surface area contributed by atoms with Crippen LogP contribution in [0.5, 0.6) is 11.5 Å². The van der Waals surface area contributed by atoms with Gasteiger partial charge in [0, 0.05) is 13.1 Å². The Bertz CT molecular complexity index is 599. The highest BCUT2D eigenvalue weighted by molar-refractivity contribution is 5.83. The van der Waals surface area contributed by atoms with Gasteiger partial charge in [-0.05, 0) is 38.5 Å². The molecule has 0 aromatic heterocycles. The molecule has 2 rings (SSSR count). The van der Waals surface area contributed by atoms with Crippen LogP contribution in [0.25, 0.3) is 0 Å². The highest BCUT2D eigenvalue weighted by Crippen LogP contribution is 2.32. The minimum absolute atomic E-state index is 0.258. The van der Waals surface area contributed by atoms with Gasteiger partial charge in [-0.2, -0.15) is 0 Å². The average Bonchev–Trinajstić information content (AvgIpc) is 2.97. The number of nitrogens with two attached hydrogens (primary N) is 1. The second kappa shape index (κ2) is 7.21. The summed E-state index contributed by atoms with van der Waals surface area (Å²) in [4.78, 5) is 15.9. The van der Waals surface area contributed by atoms with Gasteiger partial charge in [0.25, 0.3) is 0 Å². The van der Waals surface area contributed by atoms with Crippen molar-refractivity contribution in [1.82, 2.24) is 10.6 Å². The molecular weight excluding hydrogens is 296 g/mol. The van der Waals surface area contributed by atoms with E-state index in [1.165, 1.54) is 0 Å². The maximum atomic E-state index is 11.4. The largest absolute Gasteiger partial charge is 0.454 e. The fraction of sp³-hybridized carbons (Fsp3) is 0.500. The van der Waals surface area contributed by atoms with Gasteiger partial charge in [0.2, 0.25) is 12.7 Å². The van der Waals surface area contributed by atoms with Crippen molar-refractivity contribution in [2.24, 2.45) is 16.1 Å². The standard InChI is InChI=1S/C16H24N4O3/c1-4-18-15(20-9-16(2,3)14(17)21)19-8-11-5-6-12-13(7-11)23-10-22-12/h5-7H,4,8-10H2,1-3H3,(H2,17,21)(H2,18,19,20). The molecule has 23 heavy (non-hydrogen) atoms. The van der Waals surface area contributed by atoms with Crippen LogP contribution in [-0.4, -0.2) is 31.7 Å². The number of amides is 1. The molecule has 0 saturated carbocycles. The first-order valence-electron chi connectivity index (χ1n) is 7.63.